The Morgan fingerprint density at radius 3 is 3.07 bits per heavy atom. The van der Waals surface area contributed by atoms with Crippen molar-refractivity contribution in [1.29, 1.82) is 0 Å². The van der Waals surface area contributed by atoms with E-state index >= 15 is 0 Å². The van der Waals surface area contributed by atoms with E-state index in [1.54, 1.807) is 11.8 Å². The smallest absolute Gasteiger partial charge is 0.0960 e. The summed E-state index contributed by atoms with van der Waals surface area (Å²) in [5, 5.41) is 1.14. The molecular weight excluding hydrogens is 204 g/mol. The van der Waals surface area contributed by atoms with Gasteiger partial charge in [-0.1, -0.05) is 6.07 Å². The second-order valence-corrected chi connectivity index (χ2v) is 5.03. The summed E-state index contributed by atoms with van der Waals surface area (Å²) in [7, 11) is 2.20. The van der Waals surface area contributed by atoms with Crippen LogP contribution in [0.15, 0.2) is 23.2 Å². The van der Waals surface area contributed by atoms with Gasteiger partial charge in [-0.2, -0.15) is 0 Å². The fraction of sp³-hybridized carbons (Fsp3) is 0.583. The van der Waals surface area contributed by atoms with Crippen LogP contribution in [0.3, 0.4) is 0 Å². The average Bonchev–Trinajstić information content (AvgIpc) is 2.29. The molecule has 2 heterocycles. The molecule has 82 valence electrons. The molecule has 0 saturated carbocycles. The molecule has 1 atom stereocenters. The van der Waals surface area contributed by atoms with E-state index in [4.69, 9.17) is 0 Å². The van der Waals surface area contributed by atoms with Crippen LogP contribution in [0.5, 0.6) is 0 Å². The maximum Gasteiger partial charge on any atom is 0.0960 e. The van der Waals surface area contributed by atoms with Crippen LogP contribution in [-0.4, -0.2) is 36.3 Å². The van der Waals surface area contributed by atoms with Crippen LogP contribution < -0.4 is 0 Å². The highest BCUT2D eigenvalue weighted by Crippen LogP contribution is 2.25. The Labute approximate surface area is 96.1 Å². The Bertz CT molecular complexity index is 327. The molecule has 0 aromatic carbocycles. The van der Waals surface area contributed by atoms with E-state index < -0.39 is 0 Å². The Morgan fingerprint density at radius 2 is 2.33 bits per heavy atom. The zero-order chi connectivity index (χ0) is 10.7. The monoisotopic (exact) mass is 222 g/mol. The van der Waals surface area contributed by atoms with Gasteiger partial charge in [0.1, 0.15) is 0 Å². The number of likely N-dealkylation sites (tertiary alicyclic amines) is 1. The SMILES string of the molecule is CSc1cccc(C2CCCN(C)C2)n1. The van der Waals surface area contributed by atoms with Crippen LogP contribution in [0.4, 0.5) is 0 Å². The number of piperidine rings is 1. The molecule has 2 rings (SSSR count). The first-order chi connectivity index (χ1) is 7.29. The Morgan fingerprint density at radius 1 is 1.47 bits per heavy atom. The van der Waals surface area contributed by atoms with Crippen LogP contribution in [0.1, 0.15) is 24.5 Å². The summed E-state index contributed by atoms with van der Waals surface area (Å²) in [6.45, 7) is 2.39. The molecule has 0 N–H and O–H groups in total. The van der Waals surface area contributed by atoms with Crippen LogP contribution in [0, 0.1) is 0 Å². The van der Waals surface area contributed by atoms with Crippen molar-refractivity contribution in [3.63, 3.8) is 0 Å². The summed E-state index contributed by atoms with van der Waals surface area (Å²) < 4.78 is 0. The van der Waals surface area contributed by atoms with Crippen LogP contribution >= 0.6 is 11.8 Å². The summed E-state index contributed by atoms with van der Waals surface area (Å²) in [4.78, 5) is 7.09. The van der Waals surface area contributed by atoms with Crippen molar-refractivity contribution in [3.05, 3.63) is 23.9 Å². The van der Waals surface area contributed by atoms with Gasteiger partial charge in [-0.25, -0.2) is 4.98 Å². The first-order valence-electron chi connectivity index (χ1n) is 5.49. The maximum atomic E-state index is 4.69. The van der Waals surface area contributed by atoms with Gasteiger partial charge < -0.3 is 4.90 Å². The van der Waals surface area contributed by atoms with Gasteiger partial charge in [0.25, 0.3) is 0 Å². The molecule has 1 aromatic heterocycles. The fourth-order valence-corrected chi connectivity index (χ4v) is 2.59. The molecule has 15 heavy (non-hydrogen) atoms. The molecular formula is C12H18N2S. The zero-order valence-corrected chi connectivity index (χ0v) is 10.3. The second-order valence-electron chi connectivity index (χ2n) is 4.21. The van der Waals surface area contributed by atoms with E-state index in [1.807, 2.05) is 0 Å². The number of aromatic nitrogens is 1. The molecule has 3 heteroatoms. The number of nitrogens with zero attached hydrogens (tertiary/aromatic N) is 2. The summed E-state index contributed by atoms with van der Waals surface area (Å²) in [6.07, 6.45) is 4.67. The number of hydrogen-bond donors (Lipinski definition) is 0. The minimum Gasteiger partial charge on any atom is -0.306 e. The topological polar surface area (TPSA) is 16.1 Å². The maximum absolute atomic E-state index is 4.69. The summed E-state index contributed by atoms with van der Waals surface area (Å²) >= 11 is 1.72. The van der Waals surface area contributed by atoms with Gasteiger partial charge in [-0.05, 0) is 44.8 Å². The van der Waals surface area contributed by atoms with Gasteiger partial charge in [0.15, 0.2) is 0 Å². The van der Waals surface area contributed by atoms with E-state index in [0.717, 1.165) is 11.6 Å². The molecule has 0 radical (unpaired) electrons. The first-order valence-corrected chi connectivity index (χ1v) is 6.71. The summed E-state index contributed by atoms with van der Waals surface area (Å²) in [5.74, 6) is 0.635. The zero-order valence-electron chi connectivity index (χ0n) is 9.44. The molecule has 0 aliphatic carbocycles. The molecule has 0 spiro atoms. The molecule has 1 saturated heterocycles. The van der Waals surface area contributed by atoms with Crippen molar-refractivity contribution < 1.29 is 0 Å². The first kappa shape index (κ1) is 11.0. The van der Waals surface area contributed by atoms with Gasteiger partial charge in [-0.3, -0.25) is 0 Å². The number of likely N-dealkylation sites (N-methyl/N-ethyl adjacent to an activating group) is 1. The van der Waals surface area contributed by atoms with Gasteiger partial charge in [0.05, 0.1) is 5.03 Å². The van der Waals surface area contributed by atoms with Gasteiger partial charge in [-0.15, -0.1) is 11.8 Å². The normalized spacial score (nSPS) is 22.9. The number of pyridine rings is 1. The molecule has 1 fully saturated rings. The summed E-state index contributed by atoms with van der Waals surface area (Å²) in [6, 6.07) is 6.38. The van der Waals surface area contributed by atoms with Crippen molar-refractivity contribution in [2.24, 2.45) is 0 Å². The largest absolute Gasteiger partial charge is 0.306 e. The molecule has 1 aliphatic heterocycles. The molecule has 0 bridgehead atoms. The quantitative estimate of drug-likeness (QED) is 0.716. The van der Waals surface area contributed by atoms with Crippen LogP contribution in [0.2, 0.25) is 0 Å². The fourth-order valence-electron chi connectivity index (χ4n) is 2.18. The third kappa shape index (κ3) is 2.73. The average molecular weight is 222 g/mol. The molecule has 1 aliphatic rings. The summed E-state index contributed by atoms with van der Waals surface area (Å²) in [5.41, 5.74) is 1.27. The van der Waals surface area contributed by atoms with Crippen molar-refractivity contribution >= 4 is 11.8 Å². The van der Waals surface area contributed by atoms with Gasteiger partial charge in [0.2, 0.25) is 0 Å². The van der Waals surface area contributed by atoms with E-state index in [2.05, 4.69) is 41.4 Å². The lowest BCUT2D eigenvalue weighted by atomic mass is 9.95. The van der Waals surface area contributed by atoms with E-state index in [1.165, 1.54) is 25.1 Å². The van der Waals surface area contributed by atoms with Crippen LogP contribution in [0.25, 0.3) is 0 Å². The Kier molecular flexibility index (Phi) is 3.65. The third-order valence-corrected chi connectivity index (χ3v) is 3.64. The molecule has 2 nitrogen and oxygen atoms in total. The van der Waals surface area contributed by atoms with E-state index in [9.17, 15) is 0 Å². The molecule has 1 unspecified atom stereocenters. The highest BCUT2D eigenvalue weighted by Gasteiger charge is 2.19. The van der Waals surface area contributed by atoms with E-state index in [-0.39, 0.29) is 0 Å². The van der Waals surface area contributed by atoms with Crippen molar-refractivity contribution in [3.8, 4) is 0 Å². The highest BCUT2D eigenvalue weighted by molar-refractivity contribution is 7.98. The number of rotatable bonds is 2. The Hall–Kier alpha value is -0.540. The van der Waals surface area contributed by atoms with Gasteiger partial charge in [0, 0.05) is 18.2 Å². The van der Waals surface area contributed by atoms with Crippen LogP contribution in [-0.2, 0) is 0 Å². The van der Waals surface area contributed by atoms with Crippen molar-refractivity contribution in [2.75, 3.05) is 26.4 Å². The minimum atomic E-state index is 0.635. The lowest BCUT2D eigenvalue weighted by Crippen LogP contribution is -2.31. The standard InChI is InChI=1S/C12H18N2S/c1-14-8-4-5-10(9-14)11-6-3-7-12(13-11)15-2/h3,6-7,10H,4-5,8-9H2,1-2H3. The van der Waals surface area contributed by atoms with E-state index in [0.29, 0.717) is 5.92 Å². The minimum absolute atomic E-state index is 0.635. The predicted octanol–water partition coefficient (Wildman–Crippen LogP) is 2.61. The predicted molar refractivity (Wildman–Crippen MR) is 65.5 cm³/mol. The lowest BCUT2D eigenvalue weighted by Gasteiger charge is -2.29. The van der Waals surface area contributed by atoms with Crippen molar-refractivity contribution in [2.45, 2.75) is 23.8 Å². The Balaban J connectivity index is 2.13. The van der Waals surface area contributed by atoms with Gasteiger partial charge >= 0.3 is 0 Å². The highest BCUT2D eigenvalue weighted by atomic mass is 32.2. The van der Waals surface area contributed by atoms with Crippen molar-refractivity contribution in [1.82, 2.24) is 9.88 Å². The number of thioether (sulfide) groups is 1. The lowest BCUT2D eigenvalue weighted by molar-refractivity contribution is 0.248. The second kappa shape index (κ2) is 4.99. The number of hydrogen-bond acceptors (Lipinski definition) is 3. The molecule has 1 aromatic rings. The molecule has 0 amide bonds. The third-order valence-electron chi connectivity index (χ3n) is 3.00.